The second-order valence-electron chi connectivity index (χ2n) is 8.01. The molecule has 0 bridgehead atoms. The maximum absolute atomic E-state index is 12.9. The zero-order chi connectivity index (χ0) is 23.5. The lowest BCUT2D eigenvalue weighted by atomic mass is 10.1. The van der Waals surface area contributed by atoms with Gasteiger partial charge >= 0.3 is 0 Å². The molecule has 29 heavy (non-hydrogen) atoms. The van der Waals surface area contributed by atoms with E-state index < -0.39 is 22.7 Å². The Balaban J connectivity index is 0. The van der Waals surface area contributed by atoms with Gasteiger partial charge in [-0.2, -0.15) is 0 Å². The maximum atomic E-state index is 12.9. The number of hydrogen-bond donors (Lipinski definition) is 0. The molecule has 0 aromatic rings. The standard InChI is InChI=1S/C9H15F2NO.C7H13F2N.3C2H6/c1-8(6-9(8,10)11)7-12-2-4-13-5-3-12;1-6(5-10(2)3)4-7(6,8)9;3*1-2/h2-7H2,1H3;4-5H2,1-3H3;3*1-2H3. The molecule has 0 N–H and O–H groups in total. The molecular weight excluding hydrogens is 384 g/mol. The minimum Gasteiger partial charge on any atom is -0.379 e. The van der Waals surface area contributed by atoms with Crippen molar-refractivity contribution in [2.45, 2.75) is 80.1 Å². The number of halogens is 4. The smallest absolute Gasteiger partial charge is 0.255 e. The molecule has 2 saturated carbocycles. The highest BCUT2D eigenvalue weighted by molar-refractivity contribution is 5.09. The van der Waals surface area contributed by atoms with Gasteiger partial charge in [-0.25, -0.2) is 17.6 Å². The van der Waals surface area contributed by atoms with Crippen molar-refractivity contribution >= 4 is 0 Å². The van der Waals surface area contributed by atoms with Gasteiger partial charge in [-0.3, -0.25) is 4.90 Å². The fraction of sp³-hybridized carbons (Fsp3) is 1.00. The predicted molar refractivity (Wildman–Crippen MR) is 115 cm³/mol. The molecule has 3 nitrogen and oxygen atoms in total. The van der Waals surface area contributed by atoms with E-state index in [0.29, 0.717) is 26.3 Å². The third-order valence-corrected chi connectivity index (χ3v) is 5.08. The highest BCUT2D eigenvalue weighted by Crippen LogP contribution is 2.61. The lowest BCUT2D eigenvalue weighted by Crippen LogP contribution is -2.40. The Morgan fingerprint density at radius 1 is 0.759 bits per heavy atom. The Bertz CT molecular complexity index is 429. The number of hydrogen-bond acceptors (Lipinski definition) is 3. The first-order valence-corrected chi connectivity index (χ1v) is 11.1. The molecule has 1 aliphatic heterocycles. The van der Waals surface area contributed by atoms with Gasteiger partial charge in [0.05, 0.1) is 13.2 Å². The van der Waals surface area contributed by atoms with Crippen LogP contribution in [0, 0.1) is 10.8 Å². The van der Waals surface area contributed by atoms with Crippen LogP contribution in [0.2, 0.25) is 0 Å². The topological polar surface area (TPSA) is 15.7 Å². The van der Waals surface area contributed by atoms with Crippen molar-refractivity contribution in [3.63, 3.8) is 0 Å². The predicted octanol–water partition coefficient (Wildman–Crippen LogP) is 6.04. The van der Waals surface area contributed by atoms with E-state index in [1.165, 1.54) is 0 Å². The normalized spacial score (nSPS) is 30.7. The third kappa shape index (κ3) is 9.52. The van der Waals surface area contributed by atoms with Crippen molar-refractivity contribution in [2.24, 2.45) is 10.8 Å². The van der Waals surface area contributed by atoms with E-state index in [4.69, 9.17) is 4.74 Å². The highest BCUT2D eigenvalue weighted by Gasteiger charge is 2.68. The Kier molecular flexibility index (Phi) is 13.9. The summed E-state index contributed by atoms with van der Waals surface area (Å²) in [5.41, 5.74) is -1.50. The minimum atomic E-state index is -2.43. The molecule has 178 valence electrons. The molecule has 2 aliphatic carbocycles. The lowest BCUT2D eigenvalue weighted by Gasteiger charge is -2.29. The molecule has 0 spiro atoms. The molecule has 0 aromatic heterocycles. The van der Waals surface area contributed by atoms with E-state index in [1.807, 2.05) is 55.6 Å². The van der Waals surface area contributed by atoms with Crippen LogP contribution in [0.3, 0.4) is 0 Å². The Labute approximate surface area is 177 Å². The summed E-state index contributed by atoms with van der Waals surface area (Å²) in [4.78, 5) is 3.88. The number of morpholine rings is 1. The van der Waals surface area contributed by atoms with Gasteiger partial charge in [0.25, 0.3) is 11.8 Å². The Morgan fingerprint density at radius 3 is 1.34 bits per heavy atom. The third-order valence-electron chi connectivity index (χ3n) is 5.08. The van der Waals surface area contributed by atoms with Crippen molar-refractivity contribution in [3.05, 3.63) is 0 Å². The summed E-state index contributed by atoms with van der Waals surface area (Å²) in [6.45, 7) is 19.3. The van der Waals surface area contributed by atoms with Crippen molar-refractivity contribution in [1.82, 2.24) is 9.80 Å². The van der Waals surface area contributed by atoms with Gasteiger partial charge in [0.1, 0.15) is 0 Å². The molecule has 7 heteroatoms. The minimum absolute atomic E-state index is 0.0529. The molecule has 0 radical (unpaired) electrons. The Hall–Kier alpha value is -0.400. The second kappa shape index (κ2) is 13.1. The number of nitrogens with zero attached hydrogens (tertiary/aromatic N) is 2. The van der Waals surface area contributed by atoms with Crippen molar-refractivity contribution < 1.29 is 22.3 Å². The van der Waals surface area contributed by atoms with E-state index in [2.05, 4.69) is 4.90 Å². The van der Waals surface area contributed by atoms with E-state index >= 15 is 0 Å². The van der Waals surface area contributed by atoms with Crippen molar-refractivity contribution in [1.29, 1.82) is 0 Å². The molecule has 1 heterocycles. The van der Waals surface area contributed by atoms with Crippen LogP contribution in [0.15, 0.2) is 0 Å². The van der Waals surface area contributed by atoms with Crippen molar-refractivity contribution in [2.75, 3.05) is 53.5 Å². The quantitative estimate of drug-likeness (QED) is 0.506. The molecule has 2 unspecified atom stereocenters. The van der Waals surface area contributed by atoms with E-state index in [9.17, 15) is 17.6 Å². The first-order valence-electron chi connectivity index (χ1n) is 11.1. The van der Waals surface area contributed by atoms with Gasteiger partial charge in [0.15, 0.2) is 0 Å². The molecule has 0 aromatic carbocycles. The zero-order valence-corrected chi connectivity index (χ0v) is 20.5. The Morgan fingerprint density at radius 2 is 1.10 bits per heavy atom. The molecule has 1 saturated heterocycles. The SMILES string of the molecule is CC.CC.CC.CC1(CN2CCOCC2)CC1(F)F.CN(C)CC1(C)CC1(F)F. The number of rotatable bonds is 4. The van der Waals surface area contributed by atoms with Crippen LogP contribution < -0.4 is 0 Å². The van der Waals surface area contributed by atoms with Gasteiger partial charge in [0.2, 0.25) is 0 Å². The summed E-state index contributed by atoms with van der Waals surface area (Å²) in [7, 11) is 3.64. The average Bonchev–Trinajstić information content (AvgIpc) is 3.37. The van der Waals surface area contributed by atoms with Crippen LogP contribution in [-0.2, 0) is 4.74 Å². The van der Waals surface area contributed by atoms with Crippen molar-refractivity contribution in [3.8, 4) is 0 Å². The van der Waals surface area contributed by atoms with Crippen LogP contribution in [0.1, 0.15) is 68.2 Å². The summed E-state index contributed by atoms with van der Waals surface area (Å²) in [5, 5.41) is 0. The van der Waals surface area contributed by atoms with E-state index in [-0.39, 0.29) is 12.8 Å². The maximum Gasteiger partial charge on any atom is 0.255 e. The number of alkyl halides is 4. The summed E-state index contributed by atoms with van der Waals surface area (Å²) in [6.07, 6.45) is 0.107. The fourth-order valence-corrected chi connectivity index (χ4v) is 3.19. The van der Waals surface area contributed by atoms with E-state index in [1.54, 1.807) is 18.7 Å². The molecule has 0 amide bonds. The van der Waals surface area contributed by atoms with Gasteiger partial charge in [-0.05, 0) is 14.1 Å². The summed E-state index contributed by atoms with van der Waals surface area (Å²) >= 11 is 0. The summed E-state index contributed by atoms with van der Waals surface area (Å²) < 4.78 is 55.9. The fourth-order valence-electron chi connectivity index (χ4n) is 3.19. The van der Waals surface area contributed by atoms with Gasteiger partial charge < -0.3 is 9.64 Å². The highest BCUT2D eigenvalue weighted by atomic mass is 19.3. The van der Waals surface area contributed by atoms with Crippen LogP contribution in [0.4, 0.5) is 17.6 Å². The average molecular weight is 431 g/mol. The van der Waals surface area contributed by atoms with E-state index in [0.717, 1.165) is 13.1 Å². The molecule has 2 atom stereocenters. The largest absolute Gasteiger partial charge is 0.379 e. The molecule has 3 fully saturated rings. The number of ether oxygens (including phenoxy) is 1. The van der Waals surface area contributed by atoms with Crippen LogP contribution in [0.25, 0.3) is 0 Å². The second-order valence-corrected chi connectivity index (χ2v) is 8.01. The zero-order valence-electron chi connectivity index (χ0n) is 20.5. The van der Waals surface area contributed by atoms with Crippen LogP contribution >= 0.6 is 0 Å². The van der Waals surface area contributed by atoms with Crippen LogP contribution in [-0.4, -0.2) is 75.1 Å². The van der Waals surface area contributed by atoms with Gasteiger partial charge in [0, 0.05) is 49.9 Å². The van der Waals surface area contributed by atoms with Gasteiger partial charge in [-0.15, -0.1) is 0 Å². The first-order chi connectivity index (χ1) is 13.4. The van der Waals surface area contributed by atoms with Crippen LogP contribution in [0.5, 0.6) is 0 Å². The summed E-state index contributed by atoms with van der Waals surface area (Å²) in [5.74, 6) is -4.83. The molecule has 3 aliphatic rings. The molecule has 3 rings (SSSR count). The lowest BCUT2D eigenvalue weighted by molar-refractivity contribution is 0.00729. The molecular formula is C22H46F4N2O. The van der Waals surface area contributed by atoms with Gasteiger partial charge in [-0.1, -0.05) is 55.4 Å². The first kappa shape index (κ1) is 30.8. The monoisotopic (exact) mass is 430 g/mol. The summed E-state index contributed by atoms with van der Waals surface area (Å²) in [6, 6.07) is 0.